The lowest BCUT2D eigenvalue weighted by atomic mass is 10.1. The van der Waals surface area contributed by atoms with Crippen LogP contribution in [0.3, 0.4) is 0 Å². The summed E-state index contributed by atoms with van der Waals surface area (Å²) in [4.78, 5) is 20.9. The van der Waals surface area contributed by atoms with Gasteiger partial charge in [-0.3, -0.25) is 4.79 Å². The van der Waals surface area contributed by atoms with Crippen molar-refractivity contribution in [3.63, 3.8) is 0 Å². The predicted molar refractivity (Wildman–Crippen MR) is 95.1 cm³/mol. The lowest BCUT2D eigenvalue weighted by molar-refractivity contribution is 0.0742. The van der Waals surface area contributed by atoms with Gasteiger partial charge in [-0.05, 0) is 31.2 Å². The Kier molecular flexibility index (Phi) is 5.72. The number of aromatic nitrogens is 3. The molecule has 0 bridgehead atoms. The van der Waals surface area contributed by atoms with Crippen LogP contribution in [0.4, 0.5) is 5.95 Å². The van der Waals surface area contributed by atoms with Crippen LogP contribution in [0.15, 0.2) is 24.5 Å². The predicted octanol–water partition coefficient (Wildman–Crippen LogP) is 1.15. The van der Waals surface area contributed by atoms with E-state index in [4.69, 9.17) is 22.1 Å². The molecule has 1 aliphatic heterocycles. The van der Waals surface area contributed by atoms with E-state index in [0.717, 1.165) is 12.4 Å². The molecule has 2 aromatic rings. The zero-order valence-electron chi connectivity index (χ0n) is 13.8. The normalized spacial score (nSPS) is 14.6. The third-order valence-electron chi connectivity index (χ3n) is 4.05. The van der Waals surface area contributed by atoms with Crippen LogP contribution in [0.2, 0.25) is 5.02 Å². The number of H-pyrrole nitrogens is 1. The average Bonchev–Trinajstić information content (AvgIpc) is 3.16. The van der Waals surface area contributed by atoms with Crippen molar-refractivity contribution in [3.05, 3.63) is 35.1 Å². The van der Waals surface area contributed by atoms with E-state index in [1.807, 2.05) is 4.90 Å². The summed E-state index contributed by atoms with van der Waals surface area (Å²) in [5.41, 5.74) is 6.02. The minimum absolute atomic E-state index is 0.0587. The standard InChI is InChI=1S/C16H21ClN6O2/c17-12-2-3-13(14(10-12)25-9-1-4-18)15(24)22-5-7-23(8-6-22)16-19-11-20-21-16/h2-3,10-11H,1,4-9,18H2,(H,19,20,21). The van der Waals surface area contributed by atoms with Crippen LogP contribution < -0.4 is 15.4 Å². The fourth-order valence-electron chi connectivity index (χ4n) is 2.70. The summed E-state index contributed by atoms with van der Waals surface area (Å²) in [5, 5.41) is 7.24. The molecule has 2 heterocycles. The second-order valence-electron chi connectivity index (χ2n) is 5.72. The maximum atomic E-state index is 12.9. The molecule has 0 radical (unpaired) electrons. The molecule has 25 heavy (non-hydrogen) atoms. The Labute approximate surface area is 150 Å². The summed E-state index contributed by atoms with van der Waals surface area (Å²) in [6.45, 7) is 3.58. The lowest BCUT2D eigenvalue weighted by Gasteiger charge is -2.34. The Hall–Kier alpha value is -2.32. The number of amides is 1. The third kappa shape index (κ3) is 4.21. The molecule has 0 spiro atoms. The van der Waals surface area contributed by atoms with Gasteiger partial charge in [0, 0.05) is 31.2 Å². The first-order valence-electron chi connectivity index (χ1n) is 8.21. The summed E-state index contributed by atoms with van der Waals surface area (Å²) in [5.74, 6) is 1.17. The van der Waals surface area contributed by atoms with Crippen molar-refractivity contribution in [1.29, 1.82) is 0 Å². The highest BCUT2D eigenvalue weighted by molar-refractivity contribution is 6.30. The summed E-state index contributed by atoms with van der Waals surface area (Å²) in [6, 6.07) is 5.09. The summed E-state index contributed by atoms with van der Waals surface area (Å²) < 4.78 is 5.70. The van der Waals surface area contributed by atoms with Gasteiger partial charge in [-0.2, -0.15) is 10.1 Å². The Morgan fingerprint density at radius 1 is 1.32 bits per heavy atom. The molecule has 9 heteroatoms. The molecule has 0 atom stereocenters. The molecule has 0 aliphatic carbocycles. The Bertz CT molecular complexity index is 701. The fourth-order valence-corrected chi connectivity index (χ4v) is 2.86. The number of anilines is 1. The smallest absolute Gasteiger partial charge is 0.257 e. The van der Waals surface area contributed by atoms with Crippen molar-refractivity contribution in [2.24, 2.45) is 5.73 Å². The molecule has 1 fully saturated rings. The number of benzene rings is 1. The van der Waals surface area contributed by atoms with Crippen molar-refractivity contribution >= 4 is 23.5 Å². The summed E-state index contributed by atoms with van der Waals surface area (Å²) >= 11 is 6.04. The number of aromatic amines is 1. The average molecular weight is 365 g/mol. The Morgan fingerprint density at radius 2 is 2.12 bits per heavy atom. The third-order valence-corrected chi connectivity index (χ3v) is 4.28. The molecule has 3 N–H and O–H groups in total. The molecule has 8 nitrogen and oxygen atoms in total. The molecular formula is C16H21ClN6O2. The number of carbonyl (C=O) groups is 1. The Balaban J connectivity index is 1.67. The molecular weight excluding hydrogens is 344 g/mol. The van der Waals surface area contributed by atoms with Crippen LogP contribution in [-0.2, 0) is 0 Å². The zero-order chi connectivity index (χ0) is 17.6. The van der Waals surface area contributed by atoms with Crippen LogP contribution in [0.1, 0.15) is 16.8 Å². The molecule has 0 unspecified atom stereocenters. The van der Waals surface area contributed by atoms with Crippen molar-refractivity contribution in [3.8, 4) is 5.75 Å². The molecule has 134 valence electrons. The van der Waals surface area contributed by atoms with Gasteiger partial charge >= 0.3 is 0 Å². The fraction of sp³-hybridized carbons (Fsp3) is 0.438. The van der Waals surface area contributed by atoms with Gasteiger partial charge in [-0.25, -0.2) is 5.10 Å². The lowest BCUT2D eigenvalue weighted by Crippen LogP contribution is -2.49. The number of carbonyl (C=O) groups excluding carboxylic acids is 1. The van der Waals surface area contributed by atoms with Gasteiger partial charge in [0.1, 0.15) is 12.1 Å². The first-order valence-corrected chi connectivity index (χ1v) is 8.59. The minimum atomic E-state index is -0.0587. The van der Waals surface area contributed by atoms with Gasteiger partial charge in [0.05, 0.1) is 12.2 Å². The molecule has 1 aromatic carbocycles. The van der Waals surface area contributed by atoms with Gasteiger partial charge in [0.15, 0.2) is 0 Å². The topological polar surface area (TPSA) is 100 Å². The zero-order valence-corrected chi connectivity index (χ0v) is 14.6. The molecule has 0 saturated carbocycles. The van der Waals surface area contributed by atoms with E-state index in [1.54, 1.807) is 18.2 Å². The number of rotatable bonds is 6. The van der Waals surface area contributed by atoms with Crippen LogP contribution in [0.25, 0.3) is 0 Å². The van der Waals surface area contributed by atoms with Gasteiger partial charge in [0.2, 0.25) is 5.95 Å². The number of nitrogens with zero attached hydrogens (tertiary/aromatic N) is 4. The maximum absolute atomic E-state index is 12.9. The number of halogens is 1. The van der Waals surface area contributed by atoms with E-state index in [-0.39, 0.29) is 5.91 Å². The van der Waals surface area contributed by atoms with Gasteiger partial charge in [0.25, 0.3) is 5.91 Å². The first kappa shape index (κ1) is 17.5. The quantitative estimate of drug-likeness (QED) is 0.746. The van der Waals surface area contributed by atoms with E-state index in [1.165, 1.54) is 6.33 Å². The van der Waals surface area contributed by atoms with Gasteiger partial charge in [-0.1, -0.05) is 11.6 Å². The maximum Gasteiger partial charge on any atom is 0.257 e. The monoisotopic (exact) mass is 364 g/mol. The summed E-state index contributed by atoms with van der Waals surface area (Å²) in [6.07, 6.45) is 2.20. The first-order chi connectivity index (χ1) is 12.2. The van der Waals surface area contributed by atoms with Gasteiger partial charge in [-0.15, -0.1) is 0 Å². The summed E-state index contributed by atoms with van der Waals surface area (Å²) in [7, 11) is 0. The second kappa shape index (κ2) is 8.17. The van der Waals surface area contributed by atoms with E-state index in [0.29, 0.717) is 55.7 Å². The molecule has 1 aliphatic rings. The second-order valence-corrected chi connectivity index (χ2v) is 6.16. The van der Waals surface area contributed by atoms with Crippen molar-refractivity contribution < 1.29 is 9.53 Å². The molecule has 1 amide bonds. The highest BCUT2D eigenvalue weighted by atomic mass is 35.5. The van der Waals surface area contributed by atoms with E-state index in [9.17, 15) is 4.79 Å². The molecule has 1 saturated heterocycles. The van der Waals surface area contributed by atoms with Crippen molar-refractivity contribution in [2.45, 2.75) is 6.42 Å². The van der Waals surface area contributed by atoms with Crippen LogP contribution >= 0.6 is 11.6 Å². The number of nitrogens with two attached hydrogens (primary N) is 1. The Morgan fingerprint density at radius 3 is 2.80 bits per heavy atom. The minimum Gasteiger partial charge on any atom is -0.493 e. The van der Waals surface area contributed by atoms with Crippen LogP contribution in [0, 0.1) is 0 Å². The SMILES string of the molecule is NCCCOc1cc(Cl)ccc1C(=O)N1CCN(c2ncn[nH]2)CC1. The number of hydrogen-bond acceptors (Lipinski definition) is 6. The molecule has 1 aromatic heterocycles. The van der Waals surface area contributed by atoms with Gasteiger partial charge < -0.3 is 20.3 Å². The van der Waals surface area contributed by atoms with Crippen molar-refractivity contribution in [1.82, 2.24) is 20.1 Å². The van der Waals surface area contributed by atoms with E-state index >= 15 is 0 Å². The largest absolute Gasteiger partial charge is 0.493 e. The number of hydrogen-bond donors (Lipinski definition) is 2. The van der Waals surface area contributed by atoms with E-state index < -0.39 is 0 Å². The van der Waals surface area contributed by atoms with E-state index in [2.05, 4.69) is 20.1 Å². The van der Waals surface area contributed by atoms with Crippen LogP contribution in [-0.4, -0.2) is 65.3 Å². The highest BCUT2D eigenvalue weighted by Gasteiger charge is 2.25. The van der Waals surface area contributed by atoms with Crippen LogP contribution in [0.5, 0.6) is 5.75 Å². The number of nitrogens with one attached hydrogen (secondary N) is 1. The highest BCUT2D eigenvalue weighted by Crippen LogP contribution is 2.25. The number of ether oxygens (including phenoxy) is 1. The number of piperazine rings is 1. The van der Waals surface area contributed by atoms with Crippen molar-refractivity contribution in [2.75, 3.05) is 44.2 Å². The molecule has 3 rings (SSSR count).